The maximum atomic E-state index is 12.2. The van der Waals surface area contributed by atoms with Crippen molar-refractivity contribution >= 4 is 17.4 Å². The van der Waals surface area contributed by atoms with Crippen LogP contribution in [0.4, 0.5) is 11.5 Å². The van der Waals surface area contributed by atoms with Crippen molar-refractivity contribution in [2.45, 2.75) is 26.3 Å². The van der Waals surface area contributed by atoms with E-state index in [9.17, 15) is 4.79 Å². The Morgan fingerprint density at radius 2 is 1.91 bits per heavy atom. The lowest BCUT2D eigenvalue weighted by molar-refractivity contribution is 0.0914. The molecule has 1 aromatic heterocycles. The number of amides is 1. The molecule has 1 aliphatic rings. The first-order valence-electron chi connectivity index (χ1n) is 7.22. The molecule has 0 atom stereocenters. The van der Waals surface area contributed by atoms with E-state index in [0.717, 1.165) is 5.69 Å². The van der Waals surface area contributed by atoms with Crippen LogP contribution in [-0.2, 0) is 0 Å². The summed E-state index contributed by atoms with van der Waals surface area (Å²) in [5.41, 5.74) is 0.765. The van der Waals surface area contributed by atoms with Gasteiger partial charge in [0.2, 0.25) is 6.79 Å². The first kappa shape index (κ1) is 15.1. The lowest BCUT2D eigenvalue weighted by Gasteiger charge is -2.20. The van der Waals surface area contributed by atoms with Gasteiger partial charge in [0.15, 0.2) is 11.5 Å². The number of nitrogens with one attached hydrogen (secondary N) is 2. The van der Waals surface area contributed by atoms with Crippen LogP contribution < -0.4 is 20.1 Å². The summed E-state index contributed by atoms with van der Waals surface area (Å²) in [4.78, 5) is 20.3. The van der Waals surface area contributed by atoms with Crippen molar-refractivity contribution in [3.05, 3.63) is 36.3 Å². The molecule has 2 aromatic rings. The number of carbonyl (C=O) groups excluding carboxylic acids is 1. The first-order valence-corrected chi connectivity index (χ1v) is 7.22. The van der Waals surface area contributed by atoms with Crippen LogP contribution in [-0.4, -0.2) is 28.2 Å². The second kappa shape index (κ2) is 5.75. The Bertz CT molecular complexity index is 740. The van der Waals surface area contributed by atoms with Crippen LogP contribution in [0.1, 0.15) is 31.3 Å². The van der Waals surface area contributed by atoms with Crippen molar-refractivity contribution in [3.8, 4) is 11.5 Å². The van der Waals surface area contributed by atoms with Crippen LogP contribution >= 0.6 is 0 Å². The Kier molecular flexibility index (Phi) is 3.77. The molecule has 1 aromatic carbocycles. The van der Waals surface area contributed by atoms with Gasteiger partial charge >= 0.3 is 0 Å². The normalized spacial score (nSPS) is 12.8. The number of aromatic nitrogens is 2. The number of rotatable bonds is 3. The molecule has 120 valence electrons. The molecule has 0 spiro atoms. The van der Waals surface area contributed by atoms with E-state index in [2.05, 4.69) is 20.6 Å². The van der Waals surface area contributed by atoms with Crippen molar-refractivity contribution < 1.29 is 14.3 Å². The predicted molar refractivity (Wildman–Crippen MR) is 85.1 cm³/mol. The number of hydrogen-bond donors (Lipinski definition) is 2. The summed E-state index contributed by atoms with van der Waals surface area (Å²) >= 11 is 0. The van der Waals surface area contributed by atoms with Gasteiger partial charge in [0.05, 0.1) is 0 Å². The van der Waals surface area contributed by atoms with Gasteiger partial charge in [-0.05, 0) is 32.9 Å². The number of ether oxygens (including phenoxy) is 2. The van der Waals surface area contributed by atoms with Gasteiger partial charge in [-0.25, -0.2) is 9.97 Å². The topological polar surface area (TPSA) is 85.4 Å². The average Bonchev–Trinajstić information content (AvgIpc) is 2.93. The molecule has 2 N–H and O–H groups in total. The smallest absolute Gasteiger partial charge is 0.270 e. The van der Waals surface area contributed by atoms with Crippen LogP contribution in [0.15, 0.2) is 30.6 Å². The maximum absolute atomic E-state index is 12.2. The zero-order chi connectivity index (χ0) is 16.4. The maximum Gasteiger partial charge on any atom is 0.270 e. The van der Waals surface area contributed by atoms with Gasteiger partial charge in [0.1, 0.15) is 17.8 Å². The number of fused-ring (bicyclic) bond motifs is 1. The third kappa shape index (κ3) is 3.68. The number of benzene rings is 1. The average molecular weight is 314 g/mol. The van der Waals surface area contributed by atoms with E-state index in [0.29, 0.717) is 23.0 Å². The highest BCUT2D eigenvalue weighted by Gasteiger charge is 2.17. The van der Waals surface area contributed by atoms with E-state index < -0.39 is 0 Å². The molecule has 0 radical (unpaired) electrons. The first-order chi connectivity index (χ1) is 10.9. The Labute approximate surface area is 134 Å². The zero-order valence-electron chi connectivity index (χ0n) is 13.2. The van der Waals surface area contributed by atoms with E-state index >= 15 is 0 Å². The van der Waals surface area contributed by atoms with Gasteiger partial charge in [0.25, 0.3) is 5.91 Å². The standard InChI is InChI=1S/C16H18N4O3/c1-16(2,3)20-15(21)11-7-14(18-8-17-11)19-10-4-5-12-13(6-10)23-9-22-12/h4-8H,9H2,1-3H3,(H,20,21)(H,17,18,19). The van der Waals surface area contributed by atoms with Crippen LogP contribution in [0.2, 0.25) is 0 Å². The molecule has 0 saturated carbocycles. The summed E-state index contributed by atoms with van der Waals surface area (Å²) in [7, 11) is 0. The van der Waals surface area contributed by atoms with Crippen molar-refractivity contribution in [1.29, 1.82) is 0 Å². The largest absolute Gasteiger partial charge is 0.454 e. The molecule has 0 aliphatic carbocycles. The Morgan fingerprint density at radius 3 is 2.70 bits per heavy atom. The van der Waals surface area contributed by atoms with E-state index in [1.54, 1.807) is 6.07 Å². The van der Waals surface area contributed by atoms with Crippen molar-refractivity contribution in [1.82, 2.24) is 15.3 Å². The molecule has 0 unspecified atom stereocenters. The molecule has 0 bridgehead atoms. The van der Waals surface area contributed by atoms with Crippen molar-refractivity contribution in [3.63, 3.8) is 0 Å². The highest BCUT2D eigenvalue weighted by molar-refractivity contribution is 5.93. The van der Waals surface area contributed by atoms with Crippen molar-refractivity contribution in [2.75, 3.05) is 12.1 Å². The van der Waals surface area contributed by atoms with Gasteiger partial charge in [-0.15, -0.1) is 0 Å². The number of nitrogens with zero attached hydrogens (tertiary/aromatic N) is 2. The summed E-state index contributed by atoms with van der Waals surface area (Å²) in [6, 6.07) is 7.09. The lowest BCUT2D eigenvalue weighted by Crippen LogP contribution is -2.40. The molecule has 0 fully saturated rings. The number of carbonyl (C=O) groups is 1. The quantitative estimate of drug-likeness (QED) is 0.905. The van der Waals surface area contributed by atoms with Crippen LogP contribution in [0.5, 0.6) is 11.5 Å². The summed E-state index contributed by atoms with van der Waals surface area (Å²) in [6.07, 6.45) is 1.35. The van der Waals surface area contributed by atoms with Crippen molar-refractivity contribution in [2.24, 2.45) is 0 Å². The van der Waals surface area contributed by atoms with Gasteiger partial charge in [0, 0.05) is 23.4 Å². The molecular weight excluding hydrogens is 296 g/mol. The molecule has 7 heteroatoms. The SMILES string of the molecule is CC(C)(C)NC(=O)c1cc(Nc2ccc3c(c2)OCO3)ncn1. The third-order valence-electron chi connectivity index (χ3n) is 3.03. The summed E-state index contributed by atoms with van der Waals surface area (Å²) in [6.45, 7) is 5.97. The van der Waals surface area contributed by atoms with Crippen LogP contribution in [0, 0.1) is 0 Å². The van der Waals surface area contributed by atoms with Gasteiger partial charge in [-0.3, -0.25) is 4.79 Å². The fraction of sp³-hybridized carbons (Fsp3) is 0.312. The molecule has 1 amide bonds. The molecule has 7 nitrogen and oxygen atoms in total. The van der Waals surface area contributed by atoms with Gasteiger partial charge in [-0.1, -0.05) is 0 Å². The highest BCUT2D eigenvalue weighted by Crippen LogP contribution is 2.34. The monoisotopic (exact) mass is 314 g/mol. The highest BCUT2D eigenvalue weighted by atomic mass is 16.7. The lowest BCUT2D eigenvalue weighted by atomic mass is 10.1. The van der Waals surface area contributed by atoms with E-state index in [4.69, 9.17) is 9.47 Å². The second-order valence-electron chi connectivity index (χ2n) is 6.19. The third-order valence-corrected chi connectivity index (χ3v) is 3.03. The Morgan fingerprint density at radius 1 is 1.13 bits per heavy atom. The molecule has 1 aliphatic heterocycles. The van der Waals surface area contributed by atoms with Gasteiger partial charge < -0.3 is 20.1 Å². The predicted octanol–water partition coefficient (Wildman–Crippen LogP) is 2.48. The molecule has 3 rings (SSSR count). The fourth-order valence-electron chi connectivity index (χ4n) is 2.08. The minimum atomic E-state index is -0.326. The van der Waals surface area contributed by atoms with E-state index in [-0.39, 0.29) is 18.2 Å². The van der Waals surface area contributed by atoms with Gasteiger partial charge in [-0.2, -0.15) is 0 Å². The minimum absolute atomic E-state index is 0.226. The number of hydrogen-bond acceptors (Lipinski definition) is 6. The van der Waals surface area contributed by atoms with Crippen LogP contribution in [0.25, 0.3) is 0 Å². The minimum Gasteiger partial charge on any atom is -0.454 e. The van der Waals surface area contributed by atoms with E-state index in [1.165, 1.54) is 6.33 Å². The number of anilines is 2. The molecular formula is C16H18N4O3. The summed E-state index contributed by atoms with van der Waals surface area (Å²) in [5, 5.41) is 5.99. The second-order valence-corrected chi connectivity index (χ2v) is 6.19. The Balaban J connectivity index is 1.76. The molecule has 2 heterocycles. The zero-order valence-corrected chi connectivity index (χ0v) is 13.2. The molecule has 23 heavy (non-hydrogen) atoms. The molecule has 0 saturated heterocycles. The Hall–Kier alpha value is -2.83. The summed E-state index contributed by atoms with van der Waals surface area (Å²) < 4.78 is 10.6. The fourth-order valence-corrected chi connectivity index (χ4v) is 2.08. The summed E-state index contributed by atoms with van der Waals surface area (Å²) in [5.74, 6) is 1.67. The van der Waals surface area contributed by atoms with E-state index in [1.807, 2.05) is 39.0 Å². The van der Waals surface area contributed by atoms with Crippen LogP contribution in [0.3, 0.4) is 0 Å².